The standard InChI is InChI=1S/C26H32N6O.C5H10O2/c1-5-18-14-23(32(24(18)28-3)15-17-8-9-17)25-29-21-13-19(10-11-22(21)30(25)4)26(33)31-12-6-7-20(16-31)27-2;1-5(2,3)7-4-6/h5,10-11,13-14,17,20,27H,1,3,6-9,12,15-16H2,2,4H3;4H,1-3H3. The van der Waals surface area contributed by atoms with Crippen molar-refractivity contribution in [1.29, 1.82) is 0 Å². The molecule has 1 unspecified atom stereocenters. The summed E-state index contributed by atoms with van der Waals surface area (Å²) in [6, 6.07) is 8.32. The lowest BCUT2D eigenvalue weighted by Gasteiger charge is -2.32. The van der Waals surface area contributed by atoms with Crippen LogP contribution < -0.4 is 5.32 Å². The number of benzene rings is 1. The molecule has 0 bridgehead atoms. The average molecular weight is 547 g/mol. The molecular formula is C31H42N6O3. The molecule has 3 heterocycles. The van der Waals surface area contributed by atoms with E-state index in [1.54, 1.807) is 0 Å². The fourth-order valence-electron chi connectivity index (χ4n) is 5.10. The van der Waals surface area contributed by atoms with Crippen LogP contribution in [0.1, 0.15) is 62.4 Å². The normalized spacial score (nSPS) is 17.2. The Morgan fingerprint density at radius 3 is 2.58 bits per heavy atom. The first-order valence-electron chi connectivity index (χ1n) is 14.0. The van der Waals surface area contributed by atoms with Gasteiger partial charge in [-0.1, -0.05) is 12.7 Å². The molecule has 214 valence electrons. The predicted molar refractivity (Wildman–Crippen MR) is 161 cm³/mol. The van der Waals surface area contributed by atoms with E-state index in [4.69, 9.17) is 4.98 Å². The number of nitrogens with zero attached hydrogens (tertiary/aromatic N) is 5. The fourth-order valence-corrected chi connectivity index (χ4v) is 5.10. The van der Waals surface area contributed by atoms with Crippen LogP contribution in [-0.2, 0) is 23.1 Å². The van der Waals surface area contributed by atoms with E-state index in [0.717, 1.165) is 66.4 Å². The highest BCUT2D eigenvalue weighted by Gasteiger charge is 2.27. The lowest BCUT2D eigenvalue weighted by Crippen LogP contribution is -2.46. The molecule has 1 aliphatic carbocycles. The van der Waals surface area contributed by atoms with Crippen LogP contribution in [0.4, 0.5) is 5.82 Å². The molecule has 2 fully saturated rings. The van der Waals surface area contributed by atoms with Crippen LogP contribution in [0.15, 0.2) is 35.8 Å². The summed E-state index contributed by atoms with van der Waals surface area (Å²) in [6.45, 7) is 16.1. The Morgan fingerprint density at radius 2 is 2.00 bits per heavy atom. The Bertz CT molecular complexity index is 1390. The van der Waals surface area contributed by atoms with E-state index >= 15 is 0 Å². The molecule has 1 aromatic carbocycles. The summed E-state index contributed by atoms with van der Waals surface area (Å²) in [6.07, 6.45) is 6.45. The number of imidazole rings is 1. The molecule has 0 radical (unpaired) electrons. The second kappa shape index (κ2) is 12.2. The molecule has 0 spiro atoms. The molecule has 1 N–H and O–H groups in total. The molecule has 2 aliphatic rings. The molecular weight excluding hydrogens is 504 g/mol. The number of hydrogen-bond donors (Lipinski definition) is 1. The Balaban J connectivity index is 0.000000470. The van der Waals surface area contributed by atoms with Crippen LogP contribution in [0.2, 0.25) is 0 Å². The minimum Gasteiger partial charge on any atom is -0.462 e. The monoisotopic (exact) mass is 546 g/mol. The van der Waals surface area contributed by atoms with Crippen molar-refractivity contribution in [3.05, 3.63) is 42.0 Å². The van der Waals surface area contributed by atoms with Crippen LogP contribution in [0.25, 0.3) is 28.6 Å². The molecule has 1 aliphatic heterocycles. The zero-order valence-electron chi connectivity index (χ0n) is 24.4. The van der Waals surface area contributed by atoms with Crippen molar-refractivity contribution < 1.29 is 14.3 Å². The maximum Gasteiger partial charge on any atom is 0.293 e. The van der Waals surface area contributed by atoms with Gasteiger partial charge in [0.05, 0.1) is 16.7 Å². The number of ether oxygens (including phenoxy) is 1. The predicted octanol–water partition coefficient (Wildman–Crippen LogP) is 5.21. The van der Waals surface area contributed by atoms with Crippen LogP contribution >= 0.6 is 0 Å². The van der Waals surface area contributed by atoms with Gasteiger partial charge in [-0.3, -0.25) is 9.59 Å². The molecule has 1 saturated heterocycles. The molecule has 9 heteroatoms. The number of fused-ring (bicyclic) bond motifs is 1. The first-order chi connectivity index (χ1) is 19.1. The lowest BCUT2D eigenvalue weighted by molar-refractivity contribution is -0.138. The summed E-state index contributed by atoms with van der Waals surface area (Å²) >= 11 is 0. The molecule has 1 amide bonds. The van der Waals surface area contributed by atoms with Gasteiger partial charge in [0.1, 0.15) is 11.4 Å². The number of aryl methyl sites for hydroxylation is 1. The molecule has 2 aromatic heterocycles. The van der Waals surface area contributed by atoms with E-state index in [1.807, 2.05) is 64.0 Å². The van der Waals surface area contributed by atoms with Crippen molar-refractivity contribution in [2.75, 3.05) is 20.1 Å². The van der Waals surface area contributed by atoms with E-state index in [2.05, 4.69) is 43.5 Å². The third-order valence-corrected chi connectivity index (χ3v) is 7.48. The van der Waals surface area contributed by atoms with Crippen molar-refractivity contribution in [3.8, 4) is 11.5 Å². The molecule has 1 saturated carbocycles. The second-order valence-corrected chi connectivity index (χ2v) is 11.6. The number of carbonyl (C=O) groups excluding carboxylic acids is 2. The van der Waals surface area contributed by atoms with Gasteiger partial charge in [-0.05, 0) is 90.4 Å². The Labute approximate surface area is 236 Å². The van der Waals surface area contributed by atoms with Crippen LogP contribution in [0, 0.1) is 5.92 Å². The van der Waals surface area contributed by atoms with Gasteiger partial charge in [0.2, 0.25) is 0 Å². The van der Waals surface area contributed by atoms with Gasteiger partial charge in [0.15, 0.2) is 5.82 Å². The van der Waals surface area contributed by atoms with Gasteiger partial charge in [-0.2, -0.15) is 0 Å². The summed E-state index contributed by atoms with van der Waals surface area (Å²) in [4.78, 5) is 34.0. The third kappa shape index (κ3) is 6.53. The van der Waals surface area contributed by atoms with Crippen molar-refractivity contribution in [2.24, 2.45) is 18.0 Å². The number of aliphatic imine (C=N–C) groups is 1. The molecule has 3 aromatic rings. The number of hydrogen-bond acceptors (Lipinski definition) is 6. The second-order valence-electron chi connectivity index (χ2n) is 11.6. The quantitative estimate of drug-likeness (QED) is 0.309. The van der Waals surface area contributed by atoms with Crippen molar-refractivity contribution >= 4 is 42.0 Å². The number of rotatable bonds is 8. The number of likely N-dealkylation sites (N-methyl/N-ethyl adjacent to an activating group) is 1. The van der Waals surface area contributed by atoms with E-state index in [-0.39, 0.29) is 11.5 Å². The zero-order chi connectivity index (χ0) is 29.0. The molecule has 9 nitrogen and oxygen atoms in total. The molecule has 40 heavy (non-hydrogen) atoms. The molecule has 5 rings (SSSR count). The summed E-state index contributed by atoms with van der Waals surface area (Å²) in [5.74, 6) is 2.47. The maximum absolute atomic E-state index is 13.2. The highest BCUT2D eigenvalue weighted by Crippen LogP contribution is 2.38. The van der Waals surface area contributed by atoms with E-state index in [9.17, 15) is 9.59 Å². The van der Waals surface area contributed by atoms with E-state index in [0.29, 0.717) is 24.0 Å². The fraction of sp³-hybridized carbons (Fsp3) is 0.484. The lowest BCUT2D eigenvalue weighted by atomic mass is 10.0. The van der Waals surface area contributed by atoms with Crippen molar-refractivity contribution in [3.63, 3.8) is 0 Å². The van der Waals surface area contributed by atoms with Gasteiger partial charge in [0, 0.05) is 43.9 Å². The zero-order valence-corrected chi connectivity index (χ0v) is 24.4. The van der Waals surface area contributed by atoms with Gasteiger partial charge >= 0.3 is 0 Å². The van der Waals surface area contributed by atoms with Crippen LogP contribution in [0.5, 0.6) is 0 Å². The van der Waals surface area contributed by atoms with Gasteiger partial charge in [0.25, 0.3) is 12.4 Å². The highest BCUT2D eigenvalue weighted by molar-refractivity contribution is 5.98. The number of nitrogens with one attached hydrogen (secondary N) is 1. The minimum atomic E-state index is -0.318. The number of amides is 1. The summed E-state index contributed by atoms with van der Waals surface area (Å²) in [5, 5.41) is 3.31. The van der Waals surface area contributed by atoms with E-state index < -0.39 is 0 Å². The SMILES string of the molecule is C=Cc1cc(-c2nc3cc(C(=O)N4CCCC(NC)C4)ccc3n2C)n(CC2CC2)c1N=C.CC(C)(C)OC=O. The number of likely N-dealkylation sites (tertiary alicyclic amines) is 1. The summed E-state index contributed by atoms with van der Waals surface area (Å²) in [7, 11) is 3.99. The van der Waals surface area contributed by atoms with Crippen molar-refractivity contribution in [1.82, 2.24) is 24.3 Å². The first kappa shape index (κ1) is 29.3. The first-order valence-corrected chi connectivity index (χ1v) is 14.0. The highest BCUT2D eigenvalue weighted by atomic mass is 16.5. The number of piperidine rings is 1. The van der Waals surface area contributed by atoms with Crippen molar-refractivity contribution in [2.45, 2.75) is 64.6 Å². The van der Waals surface area contributed by atoms with Crippen LogP contribution in [-0.4, -0.2) is 69.9 Å². The van der Waals surface area contributed by atoms with Crippen LogP contribution in [0.3, 0.4) is 0 Å². The minimum absolute atomic E-state index is 0.0771. The van der Waals surface area contributed by atoms with Gasteiger partial charge in [-0.25, -0.2) is 9.98 Å². The Hall–Kier alpha value is -3.72. The number of aromatic nitrogens is 3. The molecule has 1 atom stereocenters. The Morgan fingerprint density at radius 1 is 1.25 bits per heavy atom. The average Bonchev–Trinajstić information content (AvgIpc) is 3.61. The summed E-state index contributed by atoms with van der Waals surface area (Å²) < 4.78 is 8.87. The smallest absolute Gasteiger partial charge is 0.293 e. The van der Waals surface area contributed by atoms with Gasteiger partial charge < -0.3 is 24.1 Å². The van der Waals surface area contributed by atoms with E-state index in [1.165, 1.54) is 12.8 Å². The maximum atomic E-state index is 13.2. The van der Waals surface area contributed by atoms with Gasteiger partial charge in [-0.15, -0.1) is 0 Å². The third-order valence-electron chi connectivity index (χ3n) is 7.48. The number of carbonyl (C=O) groups is 2. The topological polar surface area (TPSA) is 93.8 Å². The largest absolute Gasteiger partial charge is 0.462 e. The Kier molecular flexibility index (Phi) is 8.93. The summed E-state index contributed by atoms with van der Waals surface area (Å²) in [5.41, 5.74) is 4.18.